The summed E-state index contributed by atoms with van der Waals surface area (Å²) in [6.07, 6.45) is 0. The van der Waals surface area contributed by atoms with Gasteiger partial charge in [-0.1, -0.05) is 17.7 Å². The molecule has 0 saturated heterocycles. The van der Waals surface area contributed by atoms with Crippen LogP contribution in [-0.4, -0.2) is 26.6 Å². The fourth-order valence-electron chi connectivity index (χ4n) is 2.01. The topological polar surface area (TPSA) is 72.2 Å². The predicted molar refractivity (Wildman–Crippen MR) is 70.0 cm³/mol. The van der Waals surface area contributed by atoms with Gasteiger partial charge in [0.25, 0.3) is 0 Å². The first-order valence-electron chi connectivity index (χ1n) is 5.82. The van der Waals surface area contributed by atoms with Crippen molar-refractivity contribution < 1.29 is 14.7 Å². The number of benzene rings is 1. The fourth-order valence-corrected chi connectivity index (χ4v) is 2.01. The van der Waals surface area contributed by atoms with Crippen LogP contribution < -0.4 is 0 Å². The molecule has 0 fully saturated rings. The highest BCUT2D eigenvalue weighted by Crippen LogP contribution is 2.19. The summed E-state index contributed by atoms with van der Waals surface area (Å²) < 4.78 is 1.49. The number of carboxylic acid groups (broad SMARTS) is 1. The lowest BCUT2D eigenvalue weighted by atomic mass is 10.1. The fraction of sp³-hybridized carbons (Fsp3) is 0.214. The molecule has 0 atom stereocenters. The molecule has 2 aromatic rings. The quantitative estimate of drug-likeness (QED) is 0.858. The van der Waals surface area contributed by atoms with Gasteiger partial charge < -0.3 is 5.11 Å². The Balaban J connectivity index is 2.65. The van der Waals surface area contributed by atoms with Crippen molar-refractivity contribution in [2.24, 2.45) is 0 Å². The molecule has 19 heavy (non-hydrogen) atoms. The van der Waals surface area contributed by atoms with Crippen molar-refractivity contribution in [3.63, 3.8) is 0 Å². The zero-order valence-electron chi connectivity index (χ0n) is 11.0. The average molecular weight is 258 g/mol. The molecule has 0 spiro atoms. The van der Waals surface area contributed by atoms with E-state index in [1.807, 2.05) is 31.2 Å². The van der Waals surface area contributed by atoms with E-state index in [1.165, 1.54) is 11.6 Å². The molecule has 5 nitrogen and oxygen atoms in total. The number of aryl methyl sites for hydroxylation is 1. The van der Waals surface area contributed by atoms with Crippen molar-refractivity contribution in [1.29, 1.82) is 0 Å². The Labute approximate surface area is 110 Å². The molecule has 0 aliphatic rings. The van der Waals surface area contributed by atoms with Crippen molar-refractivity contribution in [2.45, 2.75) is 20.8 Å². The number of ketones is 1. The number of nitrogens with zero attached hydrogens (tertiary/aromatic N) is 2. The summed E-state index contributed by atoms with van der Waals surface area (Å²) in [6, 6.07) is 7.49. The van der Waals surface area contributed by atoms with E-state index in [-0.39, 0.29) is 17.0 Å². The van der Waals surface area contributed by atoms with Crippen LogP contribution >= 0.6 is 0 Å². The highest BCUT2D eigenvalue weighted by molar-refractivity contribution is 6.04. The smallest absolute Gasteiger partial charge is 0.357 e. The molecule has 1 aromatic carbocycles. The maximum absolute atomic E-state index is 11.6. The van der Waals surface area contributed by atoms with Gasteiger partial charge in [0.15, 0.2) is 11.5 Å². The van der Waals surface area contributed by atoms with Gasteiger partial charge in [-0.05, 0) is 32.9 Å². The number of carboxylic acids is 1. The van der Waals surface area contributed by atoms with Crippen LogP contribution in [0.3, 0.4) is 0 Å². The molecule has 0 aliphatic heterocycles. The summed E-state index contributed by atoms with van der Waals surface area (Å²) in [5.74, 6) is -1.49. The van der Waals surface area contributed by atoms with Gasteiger partial charge in [-0.15, -0.1) is 0 Å². The lowest BCUT2D eigenvalue weighted by Crippen LogP contribution is -2.05. The Morgan fingerprint density at radius 2 is 1.74 bits per heavy atom. The van der Waals surface area contributed by atoms with E-state index < -0.39 is 5.97 Å². The van der Waals surface area contributed by atoms with Gasteiger partial charge in [0.2, 0.25) is 0 Å². The number of hydrogen-bond acceptors (Lipinski definition) is 3. The molecule has 0 amide bonds. The highest BCUT2D eigenvalue weighted by atomic mass is 16.4. The van der Waals surface area contributed by atoms with E-state index >= 15 is 0 Å². The second-order valence-corrected chi connectivity index (χ2v) is 4.42. The standard InChI is InChI=1S/C14H14N2O3/c1-8-4-6-11(7-5-8)16-9(2)12(10(3)17)13(15-16)14(18)19/h4-7H,1-3H3,(H,18,19). The van der Waals surface area contributed by atoms with Crippen LogP contribution in [0.4, 0.5) is 0 Å². The van der Waals surface area contributed by atoms with E-state index in [0.717, 1.165) is 11.3 Å². The van der Waals surface area contributed by atoms with Crippen molar-refractivity contribution in [3.8, 4) is 5.69 Å². The molecular weight excluding hydrogens is 244 g/mol. The van der Waals surface area contributed by atoms with E-state index in [4.69, 9.17) is 5.11 Å². The minimum atomic E-state index is -1.20. The van der Waals surface area contributed by atoms with Crippen LogP contribution in [0.25, 0.3) is 5.69 Å². The second kappa shape index (κ2) is 4.68. The Morgan fingerprint density at radius 1 is 1.16 bits per heavy atom. The van der Waals surface area contributed by atoms with E-state index in [1.54, 1.807) is 6.92 Å². The predicted octanol–water partition coefficient (Wildman–Crippen LogP) is 2.39. The summed E-state index contributed by atoms with van der Waals surface area (Å²) >= 11 is 0. The molecule has 5 heteroatoms. The summed E-state index contributed by atoms with van der Waals surface area (Å²) in [5, 5.41) is 13.1. The zero-order valence-corrected chi connectivity index (χ0v) is 11.0. The third-order valence-electron chi connectivity index (χ3n) is 2.95. The summed E-state index contributed by atoms with van der Waals surface area (Å²) in [4.78, 5) is 22.7. The molecule has 98 valence electrons. The molecule has 1 heterocycles. The molecular formula is C14H14N2O3. The highest BCUT2D eigenvalue weighted by Gasteiger charge is 2.23. The van der Waals surface area contributed by atoms with Gasteiger partial charge in [0.05, 0.1) is 16.9 Å². The first kappa shape index (κ1) is 13.0. The molecule has 2 rings (SSSR count). The Morgan fingerprint density at radius 3 is 2.16 bits per heavy atom. The zero-order chi connectivity index (χ0) is 14.2. The first-order chi connectivity index (χ1) is 8.91. The number of aromatic nitrogens is 2. The number of carbonyl (C=O) groups is 2. The van der Waals surface area contributed by atoms with Gasteiger partial charge in [-0.3, -0.25) is 4.79 Å². The third-order valence-corrected chi connectivity index (χ3v) is 2.95. The summed E-state index contributed by atoms with van der Waals surface area (Å²) in [6.45, 7) is 5.00. The monoisotopic (exact) mass is 258 g/mol. The average Bonchev–Trinajstić information content (AvgIpc) is 2.68. The molecule has 0 saturated carbocycles. The number of aromatic carboxylic acids is 1. The summed E-state index contributed by atoms with van der Waals surface area (Å²) in [5.41, 5.74) is 2.32. The Kier molecular flexibility index (Phi) is 3.21. The Hall–Kier alpha value is -2.43. The summed E-state index contributed by atoms with van der Waals surface area (Å²) in [7, 11) is 0. The maximum atomic E-state index is 11.6. The van der Waals surface area contributed by atoms with Gasteiger partial charge >= 0.3 is 5.97 Å². The normalized spacial score (nSPS) is 10.5. The van der Waals surface area contributed by atoms with Crippen molar-refractivity contribution in [1.82, 2.24) is 9.78 Å². The SMILES string of the molecule is CC(=O)c1c(C(=O)O)nn(-c2ccc(C)cc2)c1C. The van der Waals surface area contributed by atoms with Crippen LogP contribution in [0.5, 0.6) is 0 Å². The maximum Gasteiger partial charge on any atom is 0.357 e. The molecule has 0 unspecified atom stereocenters. The van der Waals surface area contributed by atoms with Gasteiger partial charge in [-0.25, -0.2) is 9.48 Å². The molecule has 1 N–H and O–H groups in total. The van der Waals surface area contributed by atoms with Gasteiger partial charge in [-0.2, -0.15) is 5.10 Å². The third kappa shape index (κ3) is 2.27. The molecule has 0 aliphatic carbocycles. The Bertz CT molecular complexity index is 654. The lowest BCUT2D eigenvalue weighted by Gasteiger charge is -2.04. The van der Waals surface area contributed by atoms with Crippen molar-refractivity contribution in [2.75, 3.05) is 0 Å². The van der Waals surface area contributed by atoms with E-state index in [9.17, 15) is 9.59 Å². The number of carbonyl (C=O) groups excluding carboxylic acids is 1. The largest absolute Gasteiger partial charge is 0.476 e. The van der Waals surface area contributed by atoms with Crippen LogP contribution in [-0.2, 0) is 0 Å². The van der Waals surface area contributed by atoms with Gasteiger partial charge in [0.1, 0.15) is 0 Å². The first-order valence-corrected chi connectivity index (χ1v) is 5.82. The molecule has 0 radical (unpaired) electrons. The molecule has 1 aromatic heterocycles. The van der Waals surface area contributed by atoms with Crippen LogP contribution in [0.2, 0.25) is 0 Å². The van der Waals surface area contributed by atoms with E-state index in [2.05, 4.69) is 5.10 Å². The van der Waals surface area contributed by atoms with Crippen LogP contribution in [0, 0.1) is 13.8 Å². The van der Waals surface area contributed by atoms with Crippen LogP contribution in [0.1, 0.15) is 39.0 Å². The number of hydrogen-bond donors (Lipinski definition) is 1. The molecule has 0 bridgehead atoms. The minimum absolute atomic E-state index is 0.160. The van der Waals surface area contributed by atoms with Crippen molar-refractivity contribution in [3.05, 3.63) is 46.8 Å². The van der Waals surface area contributed by atoms with E-state index in [0.29, 0.717) is 5.69 Å². The lowest BCUT2D eigenvalue weighted by molar-refractivity contribution is 0.0685. The van der Waals surface area contributed by atoms with Crippen molar-refractivity contribution >= 4 is 11.8 Å². The second-order valence-electron chi connectivity index (χ2n) is 4.42. The number of rotatable bonds is 3. The minimum Gasteiger partial charge on any atom is -0.476 e. The van der Waals surface area contributed by atoms with Gasteiger partial charge in [0, 0.05) is 0 Å². The van der Waals surface area contributed by atoms with Crippen LogP contribution in [0.15, 0.2) is 24.3 Å². The number of Topliss-reactive ketones (excluding diaryl/α,β-unsaturated/α-hetero) is 1.